The van der Waals surface area contributed by atoms with Gasteiger partial charge in [-0.25, -0.2) is 14.0 Å². The van der Waals surface area contributed by atoms with E-state index in [2.05, 4.69) is 10.3 Å². The number of halogens is 1. The van der Waals surface area contributed by atoms with Crippen molar-refractivity contribution in [1.29, 1.82) is 0 Å². The number of H-pyrrole nitrogens is 1. The zero-order valence-corrected chi connectivity index (χ0v) is 19.8. The number of aromatic nitrogens is 1. The Bertz CT molecular complexity index is 1210. The standard InChI is InChI=1S/C25H28FN3O5/c1-6-33-23(31)21-13-16-12-19(10-11-20(16)28-21)29(18-9-7-8-17(26)14-18)22(30)15(2)27-24(32)34-25(3,4)5/h7-15,28H,6H2,1-5H3,(H,27,32). The fraction of sp³-hybridized carbons (Fsp3) is 0.320. The monoisotopic (exact) mass is 469 g/mol. The first-order chi connectivity index (χ1) is 16.0. The van der Waals surface area contributed by atoms with Gasteiger partial charge in [0, 0.05) is 16.6 Å². The number of carbonyl (C=O) groups excluding carboxylic acids is 3. The number of fused-ring (bicyclic) bond motifs is 1. The molecule has 0 aliphatic carbocycles. The molecule has 2 aromatic carbocycles. The van der Waals surface area contributed by atoms with Gasteiger partial charge in [-0.3, -0.25) is 9.69 Å². The molecule has 2 amide bonds. The van der Waals surface area contributed by atoms with Crippen molar-refractivity contribution in [3.05, 3.63) is 60.0 Å². The number of anilines is 2. The fourth-order valence-corrected chi connectivity index (χ4v) is 3.34. The summed E-state index contributed by atoms with van der Waals surface area (Å²) in [6.45, 7) is 8.63. The molecule has 2 N–H and O–H groups in total. The average molecular weight is 470 g/mol. The van der Waals surface area contributed by atoms with Crippen molar-refractivity contribution < 1.29 is 28.2 Å². The second-order valence-electron chi connectivity index (χ2n) is 8.70. The number of aromatic amines is 1. The second-order valence-corrected chi connectivity index (χ2v) is 8.70. The minimum absolute atomic E-state index is 0.240. The Kier molecular flexibility index (Phi) is 7.24. The largest absolute Gasteiger partial charge is 0.461 e. The molecule has 0 spiro atoms. The smallest absolute Gasteiger partial charge is 0.408 e. The van der Waals surface area contributed by atoms with Gasteiger partial charge in [-0.05, 0) is 77.1 Å². The molecule has 1 aromatic heterocycles. The molecule has 9 heteroatoms. The van der Waals surface area contributed by atoms with Gasteiger partial charge >= 0.3 is 12.1 Å². The number of ether oxygens (including phenoxy) is 2. The summed E-state index contributed by atoms with van der Waals surface area (Å²) in [7, 11) is 0. The molecule has 0 aliphatic rings. The minimum Gasteiger partial charge on any atom is -0.461 e. The Morgan fingerprint density at radius 2 is 1.79 bits per heavy atom. The maximum atomic E-state index is 14.0. The van der Waals surface area contributed by atoms with Crippen LogP contribution in [-0.2, 0) is 14.3 Å². The van der Waals surface area contributed by atoms with Crippen LogP contribution in [-0.4, -0.2) is 41.2 Å². The van der Waals surface area contributed by atoms with Crippen molar-refractivity contribution in [2.45, 2.75) is 46.3 Å². The number of rotatable bonds is 6. The normalized spacial score (nSPS) is 12.2. The van der Waals surface area contributed by atoms with Crippen LogP contribution in [0.25, 0.3) is 10.9 Å². The van der Waals surface area contributed by atoms with Gasteiger partial charge in [-0.1, -0.05) is 6.07 Å². The lowest BCUT2D eigenvalue weighted by atomic mass is 10.1. The van der Waals surface area contributed by atoms with Crippen LogP contribution in [0, 0.1) is 5.82 Å². The van der Waals surface area contributed by atoms with Crippen LogP contribution in [0.1, 0.15) is 45.1 Å². The quantitative estimate of drug-likeness (QED) is 0.492. The van der Waals surface area contributed by atoms with Crippen molar-refractivity contribution in [2.24, 2.45) is 0 Å². The number of nitrogens with zero attached hydrogens (tertiary/aromatic N) is 1. The second kappa shape index (κ2) is 9.94. The van der Waals surface area contributed by atoms with Crippen LogP contribution in [0.5, 0.6) is 0 Å². The molecule has 1 heterocycles. The van der Waals surface area contributed by atoms with E-state index in [0.29, 0.717) is 16.6 Å². The van der Waals surface area contributed by atoms with E-state index in [4.69, 9.17) is 9.47 Å². The van der Waals surface area contributed by atoms with Crippen LogP contribution in [0.3, 0.4) is 0 Å². The lowest BCUT2D eigenvalue weighted by Gasteiger charge is -2.27. The van der Waals surface area contributed by atoms with E-state index >= 15 is 0 Å². The Morgan fingerprint density at radius 1 is 1.09 bits per heavy atom. The van der Waals surface area contributed by atoms with E-state index in [1.165, 1.54) is 30.0 Å². The molecule has 0 aliphatic heterocycles. The van der Waals surface area contributed by atoms with Gasteiger partial charge in [0.05, 0.1) is 12.3 Å². The Hall–Kier alpha value is -3.88. The zero-order valence-electron chi connectivity index (χ0n) is 19.8. The number of esters is 1. The highest BCUT2D eigenvalue weighted by Gasteiger charge is 2.27. The molecule has 8 nitrogen and oxygen atoms in total. The van der Waals surface area contributed by atoms with Crippen LogP contribution >= 0.6 is 0 Å². The lowest BCUT2D eigenvalue weighted by molar-refractivity contribution is -0.119. The number of benzene rings is 2. The Morgan fingerprint density at radius 3 is 2.44 bits per heavy atom. The van der Waals surface area contributed by atoms with Crippen LogP contribution in [0.15, 0.2) is 48.5 Å². The first-order valence-electron chi connectivity index (χ1n) is 10.9. The summed E-state index contributed by atoms with van der Waals surface area (Å²) in [4.78, 5) is 42.0. The SMILES string of the molecule is CCOC(=O)c1cc2cc(N(C(=O)C(C)NC(=O)OC(C)(C)C)c3cccc(F)c3)ccc2[nH]1. The predicted molar refractivity (Wildman–Crippen MR) is 127 cm³/mol. The number of hydrogen-bond donors (Lipinski definition) is 2. The van der Waals surface area contributed by atoms with Crippen molar-refractivity contribution in [1.82, 2.24) is 10.3 Å². The predicted octanol–water partition coefficient (Wildman–Crippen LogP) is 5.06. The molecule has 0 fully saturated rings. The van der Waals surface area contributed by atoms with Crippen molar-refractivity contribution >= 4 is 40.2 Å². The van der Waals surface area contributed by atoms with Gasteiger partial charge in [0.15, 0.2) is 0 Å². The van der Waals surface area contributed by atoms with E-state index in [-0.39, 0.29) is 18.0 Å². The van der Waals surface area contributed by atoms with E-state index in [1.54, 1.807) is 58.0 Å². The molecule has 0 bridgehead atoms. The van der Waals surface area contributed by atoms with E-state index in [9.17, 15) is 18.8 Å². The molecule has 180 valence electrons. The fourth-order valence-electron chi connectivity index (χ4n) is 3.34. The molecule has 1 atom stereocenters. The maximum absolute atomic E-state index is 14.0. The molecular weight excluding hydrogens is 441 g/mol. The van der Waals surface area contributed by atoms with Gasteiger partial charge in [0.25, 0.3) is 5.91 Å². The summed E-state index contributed by atoms with van der Waals surface area (Å²) in [6.07, 6.45) is -0.743. The number of nitrogens with one attached hydrogen (secondary N) is 2. The molecule has 0 saturated heterocycles. The van der Waals surface area contributed by atoms with Gasteiger partial charge < -0.3 is 19.8 Å². The van der Waals surface area contributed by atoms with Gasteiger partial charge in [-0.2, -0.15) is 0 Å². The summed E-state index contributed by atoms with van der Waals surface area (Å²) in [5, 5.41) is 3.18. The third kappa shape index (κ3) is 5.92. The summed E-state index contributed by atoms with van der Waals surface area (Å²) >= 11 is 0. The Balaban J connectivity index is 1.98. The van der Waals surface area contributed by atoms with Crippen molar-refractivity contribution in [3.63, 3.8) is 0 Å². The van der Waals surface area contributed by atoms with Crippen molar-refractivity contribution in [3.8, 4) is 0 Å². The summed E-state index contributed by atoms with van der Waals surface area (Å²) < 4.78 is 24.3. The van der Waals surface area contributed by atoms with Gasteiger partial charge in [0.1, 0.15) is 23.2 Å². The maximum Gasteiger partial charge on any atom is 0.408 e. The molecule has 3 aromatic rings. The van der Waals surface area contributed by atoms with E-state index < -0.39 is 35.4 Å². The highest BCUT2D eigenvalue weighted by atomic mass is 19.1. The summed E-state index contributed by atoms with van der Waals surface area (Å²) in [5.41, 5.74) is 0.917. The molecule has 0 radical (unpaired) electrons. The molecule has 34 heavy (non-hydrogen) atoms. The molecular formula is C25H28FN3O5. The van der Waals surface area contributed by atoms with Crippen LogP contribution in [0.4, 0.5) is 20.6 Å². The Labute approximate surface area is 197 Å². The molecule has 1 unspecified atom stereocenters. The first-order valence-corrected chi connectivity index (χ1v) is 10.9. The number of hydrogen-bond acceptors (Lipinski definition) is 5. The van der Waals surface area contributed by atoms with Gasteiger partial charge in [-0.15, -0.1) is 0 Å². The highest BCUT2D eigenvalue weighted by molar-refractivity contribution is 6.06. The first kappa shape index (κ1) is 24.8. The summed E-state index contributed by atoms with van der Waals surface area (Å²) in [5.74, 6) is -1.51. The van der Waals surface area contributed by atoms with E-state index in [1.807, 2.05) is 0 Å². The van der Waals surface area contributed by atoms with Crippen LogP contribution < -0.4 is 10.2 Å². The highest BCUT2D eigenvalue weighted by Crippen LogP contribution is 2.30. The zero-order chi connectivity index (χ0) is 25.0. The van der Waals surface area contributed by atoms with Gasteiger partial charge in [0.2, 0.25) is 0 Å². The van der Waals surface area contributed by atoms with Crippen molar-refractivity contribution in [2.75, 3.05) is 11.5 Å². The molecule has 0 saturated carbocycles. The average Bonchev–Trinajstić information content (AvgIpc) is 3.16. The number of carbonyl (C=O) groups is 3. The third-order valence-electron chi connectivity index (χ3n) is 4.75. The van der Waals surface area contributed by atoms with E-state index in [0.717, 1.165) is 0 Å². The van der Waals surface area contributed by atoms with Crippen LogP contribution in [0.2, 0.25) is 0 Å². The number of alkyl carbamates (subject to hydrolysis) is 1. The minimum atomic E-state index is -0.977. The topological polar surface area (TPSA) is 101 Å². The lowest BCUT2D eigenvalue weighted by Crippen LogP contribution is -2.47. The molecule has 3 rings (SSSR count). The number of amides is 2. The third-order valence-corrected chi connectivity index (χ3v) is 4.75. The summed E-state index contributed by atoms with van der Waals surface area (Å²) in [6, 6.07) is 11.3.